The fourth-order valence-corrected chi connectivity index (χ4v) is 5.36. The molecule has 2 aromatic carbocycles. The number of anilines is 2. The number of ether oxygens (including phenoxy) is 1. The number of nitrogens with one attached hydrogen (secondary N) is 2. The molecular formula is C28H30F3N5O5S. The molecule has 1 aromatic heterocycles. The summed E-state index contributed by atoms with van der Waals surface area (Å²) < 4.78 is 72.0. The number of morpholine rings is 1. The lowest BCUT2D eigenvalue weighted by Crippen LogP contribution is -2.44. The molecule has 2 amide bonds. The maximum Gasteiger partial charge on any atom is 0.416 e. The van der Waals surface area contributed by atoms with Gasteiger partial charge in [0.05, 0.1) is 47.9 Å². The zero-order chi connectivity index (χ0) is 30.5. The number of hydrogen-bond donors (Lipinski definition) is 3. The van der Waals surface area contributed by atoms with E-state index in [1.54, 1.807) is 24.3 Å². The third-order valence-electron chi connectivity index (χ3n) is 6.83. The molecule has 0 radical (unpaired) electrons. The van der Waals surface area contributed by atoms with Crippen molar-refractivity contribution in [3.63, 3.8) is 0 Å². The van der Waals surface area contributed by atoms with E-state index in [1.165, 1.54) is 31.2 Å². The maximum atomic E-state index is 14.1. The number of aliphatic hydroxyl groups is 1. The summed E-state index contributed by atoms with van der Waals surface area (Å²) in [7, 11) is -2.85. The fraction of sp³-hybridized carbons (Fsp3) is 0.357. The monoisotopic (exact) mass is 605 g/mol. The van der Waals surface area contributed by atoms with Crippen molar-refractivity contribution in [2.75, 3.05) is 43.1 Å². The van der Waals surface area contributed by atoms with E-state index in [0.29, 0.717) is 36.8 Å². The van der Waals surface area contributed by atoms with Gasteiger partial charge in [0.25, 0.3) is 0 Å². The van der Waals surface area contributed by atoms with Crippen molar-refractivity contribution in [3.05, 3.63) is 71.4 Å². The molecule has 2 heterocycles. The Morgan fingerprint density at radius 1 is 1.14 bits per heavy atom. The number of aromatic nitrogens is 2. The van der Waals surface area contributed by atoms with Crippen molar-refractivity contribution in [1.29, 1.82) is 0 Å². The highest BCUT2D eigenvalue weighted by Gasteiger charge is 2.41. The van der Waals surface area contributed by atoms with Gasteiger partial charge in [-0.1, -0.05) is 18.2 Å². The van der Waals surface area contributed by atoms with Crippen LogP contribution < -0.4 is 15.5 Å². The number of aliphatic hydroxyl groups excluding tert-OH is 1. The summed E-state index contributed by atoms with van der Waals surface area (Å²) >= 11 is 0. The average Bonchev–Trinajstić information content (AvgIpc) is 2.95. The van der Waals surface area contributed by atoms with Gasteiger partial charge < -0.3 is 25.4 Å². The molecule has 14 heteroatoms. The molecule has 0 spiro atoms. The Morgan fingerprint density at radius 3 is 2.45 bits per heavy atom. The molecule has 0 saturated carbocycles. The van der Waals surface area contributed by atoms with Crippen LogP contribution in [-0.2, 0) is 26.6 Å². The fourth-order valence-electron chi connectivity index (χ4n) is 4.73. The molecule has 1 aliphatic rings. The largest absolute Gasteiger partial charge is 0.416 e. The Hall–Kier alpha value is -4.01. The first kappa shape index (κ1) is 30.9. The van der Waals surface area contributed by atoms with Crippen LogP contribution in [0.5, 0.6) is 0 Å². The Labute approximate surface area is 242 Å². The lowest BCUT2D eigenvalue weighted by molar-refractivity contribution is -0.138. The van der Waals surface area contributed by atoms with Crippen molar-refractivity contribution in [1.82, 2.24) is 15.3 Å². The van der Waals surface area contributed by atoms with E-state index in [1.807, 2.05) is 11.8 Å². The Morgan fingerprint density at radius 2 is 1.83 bits per heavy atom. The standard InChI is InChI=1S/C28H30F3N5O5S/c1-18-16-41-14-12-36(18)24-15-23(27(2,17-42(39)40)21-5-3-4-6-22(21)28(29,30)31)34-25(35-24)19-7-9-20(10-8-19)33-26(38)32-11-13-37/h3-10,15,17-18,37H,11-14,16H2,1-2H3,(H2,32,33,38)/t18-,27?/m0/s1. The summed E-state index contributed by atoms with van der Waals surface area (Å²) in [4.78, 5) is 23.2. The van der Waals surface area contributed by atoms with Crippen LogP contribution in [0.15, 0.2) is 54.6 Å². The number of nitrogens with zero attached hydrogens (tertiary/aromatic N) is 3. The first-order valence-electron chi connectivity index (χ1n) is 13.0. The highest BCUT2D eigenvalue weighted by molar-refractivity contribution is 7.71. The minimum absolute atomic E-state index is 0.0488. The summed E-state index contributed by atoms with van der Waals surface area (Å²) in [5.74, 6) is 0.551. The number of carbonyl (C=O) groups is 1. The lowest BCUT2D eigenvalue weighted by atomic mass is 9.78. The normalized spacial score (nSPS) is 16.8. The van der Waals surface area contributed by atoms with Crippen LogP contribution in [0.25, 0.3) is 11.4 Å². The minimum Gasteiger partial charge on any atom is -0.395 e. The second-order valence-corrected chi connectivity index (χ2v) is 10.6. The van der Waals surface area contributed by atoms with Crippen LogP contribution in [0, 0.1) is 0 Å². The van der Waals surface area contributed by atoms with Crippen LogP contribution in [0.2, 0.25) is 0 Å². The van der Waals surface area contributed by atoms with Crippen LogP contribution >= 0.6 is 0 Å². The van der Waals surface area contributed by atoms with Crippen LogP contribution in [0.1, 0.15) is 30.7 Å². The Balaban J connectivity index is 1.88. The number of rotatable bonds is 8. The van der Waals surface area contributed by atoms with E-state index in [4.69, 9.17) is 14.8 Å². The molecule has 0 bridgehead atoms. The number of benzene rings is 2. The Bertz CT molecular complexity index is 1560. The van der Waals surface area contributed by atoms with Crippen molar-refractivity contribution >= 4 is 33.2 Å². The molecule has 224 valence electrons. The number of carbonyl (C=O) groups excluding carboxylic acids is 1. The SMILES string of the molecule is C[C@H]1COCCN1c1cc(C(C)(C=S(=O)=O)c2ccccc2C(F)(F)F)nc(-c2ccc(NC(=O)NCCO)cc2)n1. The maximum absolute atomic E-state index is 14.1. The van der Waals surface area contributed by atoms with Gasteiger partial charge in [-0.15, -0.1) is 0 Å². The molecule has 2 atom stereocenters. The topological polar surface area (TPSA) is 134 Å². The van der Waals surface area contributed by atoms with Crippen molar-refractivity contribution in [2.45, 2.75) is 31.5 Å². The first-order valence-corrected chi connectivity index (χ1v) is 14.2. The highest BCUT2D eigenvalue weighted by Crippen LogP contribution is 2.40. The van der Waals surface area contributed by atoms with Crippen molar-refractivity contribution < 1.29 is 36.2 Å². The van der Waals surface area contributed by atoms with Crippen LogP contribution in [0.4, 0.5) is 29.5 Å². The van der Waals surface area contributed by atoms with E-state index in [2.05, 4.69) is 15.6 Å². The third kappa shape index (κ3) is 7.06. The number of urea groups is 1. The lowest BCUT2D eigenvalue weighted by Gasteiger charge is -2.35. The van der Waals surface area contributed by atoms with E-state index >= 15 is 0 Å². The molecule has 3 N–H and O–H groups in total. The van der Waals surface area contributed by atoms with Gasteiger partial charge in [0, 0.05) is 30.4 Å². The molecule has 1 unspecified atom stereocenters. The molecule has 0 aliphatic carbocycles. The van der Waals surface area contributed by atoms with E-state index < -0.39 is 33.5 Å². The minimum atomic E-state index is -4.75. The van der Waals surface area contributed by atoms with Crippen molar-refractivity contribution in [3.8, 4) is 11.4 Å². The summed E-state index contributed by atoms with van der Waals surface area (Å²) in [6.45, 7) is 4.42. The highest BCUT2D eigenvalue weighted by atomic mass is 32.2. The van der Waals surface area contributed by atoms with Crippen LogP contribution in [0.3, 0.4) is 0 Å². The summed E-state index contributed by atoms with van der Waals surface area (Å²) in [6.07, 6.45) is -4.75. The number of amides is 2. The molecular weight excluding hydrogens is 575 g/mol. The quantitative estimate of drug-likeness (QED) is 0.333. The van der Waals surface area contributed by atoms with Gasteiger partial charge in [-0.3, -0.25) is 0 Å². The van der Waals surface area contributed by atoms with E-state index in [0.717, 1.165) is 11.4 Å². The predicted octanol–water partition coefficient (Wildman–Crippen LogP) is 3.49. The number of hydrogen-bond acceptors (Lipinski definition) is 8. The second-order valence-electron chi connectivity index (χ2n) is 9.86. The predicted molar refractivity (Wildman–Crippen MR) is 152 cm³/mol. The van der Waals surface area contributed by atoms with Gasteiger partial charge in [0.1, 0.15) is 5.82 Å². The zero-order valence-electron chi connectivity index (χ0n) is 22.9. The summed E-state index contributed by atoms with van der Waals surface area (Å²) in [6, 6.07) is 12.1. The molecule has 42 heavy (non-hydrogen) atoms. The Kier molecular flexibility index (Phi) is 9.49. The first-order chi connectivity index (χ1) is 19.9. The summed E-state index contributed by atoms with van der Waals surface area (Å²) in [5, 5.41) is 14.8. The summed E-state index contributed by atoms with van der Waals surface area (Å²) in [5.41, 5.74) is -2.10. The number of halogens is 3. The smallest absolute Gasteiger partial charge is 0.395 e. The average molecular weight is 606 g/mol. The molecule has 1 fully saturated rings. The third-order valence-corrected chi connectivity index (χ3v) is 7.49. The van der Waals surface area contributed by atoms with E-state index in [-0.39, 0.29) is 36.3 Å². The van der Waals surface area contributed by atoms with Gasteiger partial charge in [0.2, 0.25) is 10.3 Å². The molecule has 1 aliphatic heterocycles. The molecule has 1 saturated heterocycles. The number of alkyl halides is 3. The van der Waals surface area contributed by atoms with Crippen molar-refractivity contribution in [2.24, 2.45) is 0 Å². The zero-order valence-corrected chi connectivity index (χ0v) is 23.7. The van der Waals surface area contributed by atoms with E-state index in [9.17, 15) is 26.4 Å². The second kappa shape index (κ2) is 12.9. The molecule has 4 rings (SSSR count). The van der Waals surface area contributed by atoms with Gasteiger partial charge >= 0.3 is 12.2 Å². The molecule has 10 nitrogen and oxygen atoms in total. The van der Waals surface area contributed by atoms with Gasteiger partial charge in [-0.2, -0.15) is 21.6 Å². The van der Waals surface area contributed by atoms with Gasteiger partial charge in [0.15, 0.2) is 5.82 Å². The van der Waals surface area contributed by atoms with Gasteiger partial charge in [-0.25, -0.2) is 14.8 Å². The van der Waals surface area contributed by atoms with Crippen LogP contribution in [-0.4, -0.2) is 73.8 Å². The van der Waals surface area contributed by atoms with Gasteiger partial charge in [-0.05, 0) is 49.7 Å². The molecule has 3 aromatic rings.